The fourth-order valence-corrected chi connectivity index (χ4v) is 3.14. The van der Waals surface area contributed by atoms with E-state index < -0.39 is 9.84 Å². The fourth-order valence-electron chi connectivity index (χ4n) is 2.49. The van der Waals surface area contributed by atoms with Crippen LogP contribution in [0.5, 0.6) is 0 Å². The van der Waals surface area contributed by atoms with Crippen LogP contribution < -0.4 is 0 Å². The second kappa shape index (κ2) is 8.89. The van der Waals surface area contributed by atoms with Gasteiger partial charge in [-0.1, -0.05) is 18.2 Å². The van der Waals surface area contributed by atoms with Crippen LogP contribution in [0.1, 0.15) is 17.7 Å². The molecule has 1 aromatic heterocycles. The molecule has 0 radical (unpaired) electrons. The lowest BCUT2D eigenvalue weighted by Gasteiger charge is -2.22. The summed E-state index contributed by atoms with van der Waals surface area (Å²) in [5.74, 6) is -0.0767. The van der Waals surface area contributed by atoms with Crippen molar-refractivity contribution >= 4 is 9.84 Å². The molecule has 0 bridgehead atoms. The first-order chi connectivity index (χ1) is 11.4. The Hall–Kier alpha value is -1.79. The molecule has 0 aliphatic rings. The Bertz CT molecular complexity index is 718. The summed E-state index contributed by atoms with van der Waals surface area (Å²) in [6.07, 6.45) is 4.40. The van der Waals surface area contributed by atoms with Crippen LogP contribution in [0.2, 0.25) is 0 Å². The van der Waals surface area contributed by atoms with Gasteiger partial charge >= 0.3 is 0 Å². The highest BCUT2D eigenvalue weighted by atomic mass is 32.2. The zero-order valence-electron chi connectivity index (χ0n) is 13.9. The van der Waals surface area contributed by atoms with Gasteiger partial charge in [0.25, 0.3) is 0 Å². The van der Waals surface area contributed by atoms with Crippen molar-refractivity contribution in [1.82, 2.24) is 9.88 Å². The molecule has 6 heteroatoms. The normalized spacial score (nSPS) is 11.8. The summed E-state index contributed by atoms with van der Waals surface area (Å²) in [5.41, 5.74) is 2.02. The van der Waals surface area contributed by atoms with E-state index in [0.29, 0.717) is 19.5 Å². The molecule has 2 rings (SSSR count). The monoisotopic (exact) mass is 350 g/mol. The lowest BCUT2D eigenvalue weighted by molar-refractivity contribution is 0.268. The number of halogens is 1. The zero-order chi connectivity index (χ0) is 17.4. The SMILES string of the molecule is CS(=O)(=O)CCCN(CCc1ccccn1)Cc1ccc(F)cc1. The van der Waals surface area contributed by atoms with Crippen LogP contribution in [0.4, 0.5) is 4.39 Å². The Morgan fingerprint density at radius 1 is 1.08 bits per heavy atom. The molecule has 1 aromatic carbocycles. The van der Waals surface area contributed by atoms with Gasteiger partial charge in [0.05, 0.1) is 5.75 Å². The van der Waals surface area contributed by atoms with Gasteiger partial charge in [-0.15, -0.1) is 0 Å². The van der Waals surface area contributed by atoms with E-state index in [4.69, 9.17) is 0 Å². The third-order valence-electron chi connectivity index (χ3n) is 3.72. The van der Waals surface area contributed by atoms with Gasteiger partial charge in [0.2, 0.25) is 0 Å². The van der Waals surface area contributed by atoms with Gasteiger partial charge in [-0.2, -0.15) is 0 Å². The largest absolute Gasteiger partial charge is 0.299 e. The van der Waals surface area contributed by atoms with E-state index in [1.165, 1.54) is 18.4 Å². The number of benzene rings is 1. The summed E-state index contributed by atoms with van der Waals surface area (Å²) in [7, 11) is -2.95. The Balaban J connectivity index is 1.95. The van der Waals surface area contributed by atoms with Crippen molar-refractivity contribution in [2.75, 3.05) is 25.1 Å². The maximum atomic E-state index is 13.0. The first-order valence-electron chi connectivity index (χ1n) is 7.97. The lowest BCUT2D eigenvalue weighted by Crippen LogP contribution is -2.28. The minimum atomic E-state index is -2.95. The molecule has 1 heterocycles. The smallest absolute Gasteiger partial charge is 0.147 e. The van der Waals surface area contributed by atoms with Crippen LogP contribution in [0.15, 0.2) is 48.7 Å². The Labute approximate surface area is 143 Å². The number of pyridine rings is 1. The molecule has 0 saturated heterocycles. The van der Waals surface area contributed by atoms with Crippen LogP contribution >= 0.6 is 0 Å². The first-order valence-corrected chi connectivity index (χ1v) is 10.0. The minimum Gasteiger partial charge on any atom is -0.299 e. The molecular formula is C18H23FN2O2S. The predicted octanol–water partition coefficient (Wildman–Crippen LogP) is 2.70. The van der Waals surface area contributed by atoms with Gasteiger partial charge < -0.3 is 0 Å². The molecule has 0 spiro atoms. The van der Waals surface area contributed by atoms with E-state index in [2.05, 4.69) is 9.88 Å². The van der Waals surface area contributed by atoms with Crippen LogP contribution in [0.3, 0.4) is 0 Å². The number of hydrogen-bond acceptors (Lipinski definition) is 4. The molecule has 24 heavy (non-hydrogen) atoms. The minimum absolute atomic E-state index is 0.177. The molecule has 4 nitrogen and oxygen atoms in total. The summed E-state index contributed by atoms with van der Waals surface area (Å²) >= 11 is 0. The van der Waals surface area contributed by atoms with Gasteiger partial charge in [0, 0.05) is 37.7 Å². The van der Waals surface area contributed by atoms with E-state index in [-0.39, 0.29) is 11.6 Å². The fraction of sp³-hybridized carbons (Fsp3) is 0.389. The summed E-state index contributed by atoms with van der Waals surface area (Å²) in [6.45, 7) is 2.12. The topological polar surface area (TPSA) is 50.3 Å². The van der Waals surface area contributed by atoms with Crippen molar-refractivity contribution in [2.24, 2.45) is 0 Å². The Kier molecular flexibility index (Phi) is 6.87. The summed E-state index contributed by atoms with van der Waals surface area (Å²) < 4.78 is 35.7. The molecule has 130 valence electrons. The maximum absolute atomic E-state index is 13.0. The number of aromatic nitrogens is 1. The lowest BCUT2D eigenvalue weighted by atomic mass is 10.2. The van der Waals surface area contributed by atoms with Crippen molar-refractivity contribution in [3.63, 3.8) is 0 Å². The van der Waals surface area contributed by atoms with Crippen LogP contribution in [0.25, 0.3) is 0 Å². The summed E-state index contributed by atoms with van der Waals surface area (Å²) in [5, 5.41) is 0. The average molecular weight is 350 g/mol. The summed E-state index contributed by atoms with van der Waals surface area (Å²) in [6, 6.07) is 12.2. The second-order valence-electron chi connectivity index (χ2n) is 5.96. The number of rotatable bonds is 9. The van der Waals surface area contributed by atoms with E-state index in [0.717, 1.165) is 24.2 Å². The molecule has 0 saturated carbocycles. The standard InChI is InChI=1S/C18H23FN2O2S/c1-24(22,23)14-4-12-21(13-10-18-5-2-3-11-20-18)15-16-6-8-17(19)9-7-16/h2-3,5-9,11H,4,10,12-15H2,1H3. The molecule has 0 unspecified atom stereocenters. The molecule has 0 fully saturated rings. The third kappa shape index (κ3) is 7.19. The molecule has 2 aromatic rings. The average Bonchev–Trinajstić information content (AvgIpc) is 2.54. The van der Waals surface area contributed by atoms with Crippen molar-refractivity contribution in [2.45, 2.75) is 19.4 Å². The highest BCUT2D eigenvalue weighted by Gasteiger charge is 2.09. The van der Waals surface area contributed by atoms with E-state index in [9.17, 15) is 12.8 Å². The third-order valence-corrected chi connectivity index (χ3v) is 4.75. The summed E-state index contributed by atoms with van der Waals surface area (Å²) in [4.78, 5) is 6.50. The van der Waals surface area contributed by atoms with Crippen LogP contribution in [0, 0.1) is 5.82 Å². The van der Waals surface area contributed by atoms with Crippen molar-refractivity contribution in [3.8, 4) is 0 Å². The molecule has 0 atom stereocenters. The van der Waals surface area contributed by atoms with Gasteiger partial charge in [-0.25, -0.2) is 12.8 Å². The van der Waals surface area contributed by atoms with Crippen molar-refractivity contribution < 1.29 is 12.8 Å². The zero-order valence-corrected chi connectivity index (χ0v) is 14.7. The molecule has 0 aliphatic heterocycles. The number of nitrogens with zero attached hydrogens (tertiary/aromatic N) is 2. The highest BCUT2D eigenvalue weighted by molar-refractivity contribution is 7.90. The quantitative estimate of drug-likeness (QED) is 0.698. The molecule has 0 amide bonds. The number of hydrogen-bond donors (Lipinski definition) is 0. The van der Waals surface area contributed by atoms with Crippen molar-refractivity contribution in [1.29, 1.82) is 0 Å². The molecule has 0 N–H and O–H groups in total. The van der Waals surface area contributed by atoms with Gasteiger partial charge in [0.1, 0.15) is 15.7 Å². The Morgan fingerprint density at radius 2 is 1.83 bits per heavy atom. The Morgan fingerprint density at radius 3 is 2.46 bits per heavy atom. The molecular weight excluding hydrogens is 327 g/mol. The predicted molar refractivity (Wildman–Crippen MR) is 93.9 cm³/mol. The molecule has 0 aliphatic carbocycles. The van der Waals surface area contributed by atoms with E-state index >= 15 is 0 Å². The van der Waals surface area contributed by atoms with Gasteiger partial charge in [-0.05, 0) is 42.8 Å². The van der Waals surface area contributed by atoms with Crippen LogP contribution in [-0.2, 0) is 22.8 Å². The number of sulfone groups is 1. The van der Waals surface area contributed by atoms with E-state index in [1.54, 1.807) is 18.3 Å². The second-order valence-corrected chi connectivity index (χ2v) is 8.22. The van der Waals surface area contributed by atoms with Gasteiger partial charge in [0.15, 0.2) is 0 Å². The van der Waals surface area contributed by atoms with Crippen molar-refractivity contribution in [3.05, 3.63) is 65.7 Å². The van der Waals surface area contributed by atoms with Crippen LogP contribution in [-0.4, -0.2) is 43.4 Å². The van der Waals surface area contributed by atoms with Gasteiger partial charge in [-0.3, -0.25) is 9.88 Å². The maximum Gasteiger partial charge on any atom is 0.147 e. The van der Waals surface area contributed by atoms with E-state index in [1.807, 2.05) is 18.2 Å². The first kappa shape index (κ1) is 18.5. The highest BCUT2D eigenvalue weighted by Crippen LogP contribution is 2.09.